The molecule has 2 heteroatoms. The summed E-state index contributed by atoms with van der Waals surface area (Å²) in [4.78, 5) is 6.42. The Balaban J connectivity index is 1.70. The number of thioether (sulfide) groups is 1. The molecule has 3 aromatic rings. The van der Waals surface area contributed by atoms with Crippen LogP contribution in [0.25, 0.3) is 0 Å². The van der Waals surface area contributed by atoms with Gasteiger partial charge in [0.15, 0.2) is 0 Å². The summed E-state index contributed by atoms with van der Waals surface area (Å²) in [6, 6.07) is 26.4. The van der Waals surface area contributed by atoms with Crippen molar-refractivity contribution in [1.82, 2.24) is 0 Å². The molecule has 0 unspecified atom stereocenters. The molecule has 5 rings (SSSR count). The van der Waals surface area contributed by atoms with Crippen LogP contribution < -0.4 is 0 Å². The summed E-state index contributed by atoms with van der Waals surface area (Å²) < 4.78 is 0. The van der Waals surface area contributed by atoms with Crippen molar-refractivity contribution in [1.29, 1.82) is 0 Å². The van der Waals surface area contributed by atoms with Crippen molar-refractivity contribution in [3.05, 3.63) is 95.1 Å². The lowest BCUT2D eigenvalue weighted by molar-refractivity contribution is 0.693. The Morgan fingerprint density at radius 2 is 1.64 bits per heavy atom. The Bertz CT molecular complexity index is 971. The van der Waals surface area contributed by atoms with E-state index in [4.69, 9.17) is 4.99 Å². The van der Waals surface area contributed by atoms with Crippen molar-refractivity contribution in [2.45, 2.75) is 23.5 Å². The van der Waals surface area contributed by atoms with E-state index in [1.54, 1.807) is 0 Å². The minimum absolute atomic E-state index is 0.399. The molecule has 122 valence electrons. The Hall–Kier alpha value is -2.32. The van der Waals surface area contributed by atoms with Crippen molar-refractivity contribution < 1.29 is 0 Å². The van der Waals surface area contributed by atoms with Crippen molar-refractivity contribution in [3.8, 4) is 0 Å². The van der Waals surface area contributed by atoms with Gasteiger partial charge in [0, 0.05) is 16.1 Å². The summed E-state index contributed by atoms with van der Waals surface area (Å²) in [5.74, 6) is 0.428. The highest BCUT2D eigenvalue weighted by Gasteiger charge is 2.37. The fourth-order valence-electron chi connectivity index (χ4n) is 3.93. The fourth-order valence-corrected chi connectivity index (χ4v) is 5.28. The quantitative estimate of drug-likeness (QED) is 0.518. The van der Waals surface area contributed by atoms with Crippen molar-refractivity contribution in [2.24, 2.45) is 10.9 Å². The van der Waals surface area contributed by atoms with Gasteiger partial charge in [-0.25, -0.2) is 0 Å². The molecule has 1 aliphatic heterocycles. The van der Waals surface area contributed by atoms with Gasteiger partial charge >= 0.3 is 0 Å². The number of hydrogen-bond acceptors (Lipinski definition) is 2. The first-order valence-corrected chi connectivity index (χ1v) is 9.67. The molecule has 0 saturated carbocycles. The van der Waals surface area contributed by atoms with Crippen LogP contribution >= 0.6 is 11.8 Å². The number of benzene rings is 3. The molecule has 1 nitrogen and oxygen atoms in total. The Labute approximate surface area is 152 Å². The number of nitrogens with zero attached hydrogens (tertiary/aromatic N) is 1. The normalized spacial score (nSPS) is 20.9. The summed E-state index contributed by atoms with van der Waals surface area (Å²) in [5, 5.41) is 0.399. The zero-order chi connectivity index (χ0) is 16.8. The van der Waals surface area contributed by atoms with Gasteiger partial charge in [-0.2, -0.15) is 0 Å². The van der Waals surface area contributed by atoms with Crippen LogP contribution in [-0.4, -0.2) is 5.71 Å². The monoisotopic (exact) mass is 341 g/mol. The molecule has 1 aliphatic carbocycles. The number of fused-ring (bicyclic) bond motifs is 4. The SMILES string of the molecule is Cc1ccc([C@H]2Sc3ccccc3N=C3c4ccccc4C[C@H]32)cc1. The summed E-state index contributed by atoms with van der Waals surface area (Å²) in [6.45, 7) is 2.15. The molecule has 0 bridgehead atoms. The molecule has 2 aliphatic rings. The van der Waals surface area contributed by atoms with Crippen LogP contribution in [0.1, 0.15) is 27.5 Å². The average Bonchev–Trinajstić information content (AvgIpc) is 2.92. The molecule has 0 amide bonds. The zero-order valence-corrected chi connectivity index (χ0v) is 15.0. The van der Waals surface area contributed by atoms with E-state index in [1.807, 2.05) is 11.8 Å². The van der Waals surface area contributed by atoms with Gasteiger partial charge in [0.05, 0.1) is 11.4 Å². The van der Waals surface area contributed by atoms with E-state index >= 15 is 0 Å². The summed E-state index contributed by atoms with van der Waals surface area (Å²) in [5.41, 5.74) is 7.85. The zero-order valence-electron chi connectivity index (χ0n) is 14.1. The lowest BCUT2D eigenvalue weighted by atomic mass is 9.94. The number of para-hydroxylation sites is 1. The summed E-state index contributed by atoms with van der Waals surface area (Å²) in [7, 11) is 0. The van der Waals surface area contributed by atoms with Crippen LogP contribution in [0.4, 0.5) is 5.69 Å². The second-order valence-corrected chi connectivity index (χ2v) is 8.07. The highest BCUT2D eigenvalue weighted by atomic mass is 32.2. The second kappa shape index (κ2) is 5.89. The minimum Gasteiger partial charge on any atom is -0.251 e. The topological polar surface area (TPSA) is 12.4 Å². The molecule has 1 heterocycles. The molecule has 0 radical (unpaired) electrons. The maximum atomic E-state index is 5.13. The predicted octanol–water partition coefficient (Wildman–Crippen LogP) is 6.14. The molecule has 0 spiro atoms. The van der Waals surface area contributed by atoms with E-state index in [9.17, 15) is 0 Å². The minimum atomic E-state index is 0.399. The van der Waals surface area contributed by atoms with E-state index < -0.39 is 0 Å². The third-order valence-corrected chi connectivity index (χ3v) is 6.67. The smallest absolute Gasteiger partial charge is 0.0769 e. The molecular weight excluding hydrogens is 322 g/mol. The molecule has 0 saturated heterocycles. The number of hydrogen-bond donors (Lipinski definition) is 0. The maximum absolute atomic E-state index is 5.13. The van der Waals surface area contributed by atoms with E-state index in [0.717, 1.165) is 12.1 Å². The average molecular weight is 341 g/mol. The van der Waals surface area contributed by atoms with E-state index in [-0.39, 0.29) is 0 Å². The van der Waals surface area contributed by atoms with Crippen LogP contribution in [0.2, 0.25) is 0 Å². The standard InChI is InChI=1S/C23H19NS/c1-15-10-12-16(13-11-15)23-19-14-17-6-2-3-7-18(17)22(19)24-20-8-4-5-9-21(20)25-23/h2-13,19,23H,14H2,1H3/t19-,23-/m1/s1. The number of aryl methyl sites for hydroxylation is 1. The van der Waals surface area contributed by atoms with Crippen LogP contribution in [0, 0.1) is 12.8 Å². The Morgan fingerprint density at radius 1 is 0.880 bits per heavy atom. The third-order valence-electron chi connectivity index (χ3n) is 5.22. The van der Waals surface area contributed by atoms with Gasteiger partial charge < -0.3 is 0 Å². The van der Waals surface area contributed by atoms with Crippen LogP contribution in [0.3, 0.4) is 0 Å². The molecule has 0 fully saturated rings. The van der Waals surface area contributed by atoms with E-state index in [2.05, 4.69) is 79.7 Å². The molecular formula is C23H19NS. The van der Waals surface area contributed by atoms with Crippen molar-refractivity contribution in [2.75, 3.05) is 0 Å². The van der Waals surface area contributed by atoms with Gasteiger partial charge in [0.2, 0.25) is 0 Å². The van der Waals surface area contributed by atoms with Gasteiger partial charge in [-0.1, -0.05) is 66.2 Å². The lowest BCUT2D eigenvalue weighted by Gasteiger charge is -2.22. The summed E-state index contributed by atoms with van der Waals surface area (Å²) >= 11 is 1.97. The van der Waals surface area contributed by atoms with Gasteiger partial charge in [-0.15, -0.1) is 11.8 Å². The first kappa shape index (κ1) is 15.0. The van der Waals surface area contributed by atoms with Crippen LogP contribution in [-0.2, 0) is 6.42 Å². The molecule has 2 atom stereocenters. The van der Waals surface area contributed by atoms with Gasteiger partial charge in [-0.05, 0) is 42.2 Å². The molecule has 25 heavy (non-hydrogen) atoms. The van der Waals surface area contributed by atoms with Crippen molar-refractivity contribution >= 4 is 23.2 Å². The van der Waals surface area contributed by atoms with Crippen molar-refractivity contribution in [3.63, 3.8) is 0 Å². The molecule has 0 N–H and O–H groups in total. The third kappa shape index (κ3) is 2.52. The van der Waals surface area contributed by atoms with Gasteiger partial charge in [-0.3, -0.25) is 4.99 Å². The highest BCUT2D eigenvalue weighted by Crippen LogP contribution is 2.51. The van der Waals surface area contributed by atoms with Gasteiger partial charge in [0.25, 0.3) is 0 Å². The van der Waals surface area contributed by atoms with E-state index in [1.165, 1.54) is 32.9 Å². The first-order chi connectivity index (χ1) is 12.3. The second-order valence-electron chi connectivity index (χ2n) is 6.88. The largest absolute Gasteiger partial charge is 0.251 e. The fraction of sp³-hybridized carbons (Fsp3) is 0.174. The van der Waals surface area contributed by atoms with E-state index in [0.29, 0.717) is 11.2 Å². The van der Waals surface area contributed by atoms with Crippen LogP contribution in [0.5, 0.6) is 0 Å². The van der Waals surface area contributed by atoms with Crippen LogP contribution in [0.15, 0.2) is 82.7 Å². The number of rotatable bonds is 1. The lowest BCUT2D eigenvalue weighted by Crippen LogP contribution is -2.16. The Morgan fingerprint density at radius 3 is 2.52 bits per heavy atom. The number of aliphatic imine (C=N–C) groups is 1. The predicted molar refractivity (Wildman–Crippen MR) is 106 cm³/mol. The molecule has 0 aromatic heterocycles. The maximum Gasteiger partial charge on any atom is 0.0769 e. The van der Waals surface area contributed by atoms with Gasteiger partial charge in [0.1, 0.15) is 0 Å². The molecule has 3 aromatic carbocycles. The Kier molecular flexibility index (Phi) is 3.53. The first-order valence-electron chi connectivity index (χ1n) is 8.79. The highest BCUT2D eigenvalue weighted by molar-refractivity contribution is 7.99. The summed E-state index contributed by atoms with van der Waals surface area (Å²) in [6.07, 6.45) is 1.08.